The van der Waals surface area contributed by atoms with Crippen molar-refractivity contribution in [2.75, 3.05) is 13.1 Å². The summed E-state index contributed by atoms with van der Waals surface area (Å²) in [5, 5.41) is 13.8. The molecule has 1 amide bonds. The van der Waals surface area contributed by atoms with Gasteiger partial charge in [0.15, 0.2) is 0 Å². The SMILES string of the molecule is CC(C)(C(=O)N1CCC(n2cc(C(=O)O)cn2)CC1)c1cccc(Cl)c1. The summed E-state index contributed by atoms with van der Waals surface area (Å²) in [5.41, 5.74) is 0.431. The zero-order valence-corrected chi connectivity index (χ0v) is 15.6. The van der Waals surface area contributed by atoms with Crippen molar-refractivity contribution < 1.29 is 14.7 Å². The molecule has 0 unspecified atom stereocenters. The van der Waals surface area contributed by atoms with Crippen LogP contribution in [0.15, 0.2) is 36.7 Å². The summed E-state index contributed by atoms with van der Waals surface area (Å²) >= 11 is 6.08. The van der Waals surface area contributed by atoms with Gasteiger partial charge in [-0.1, -0.05) is 23.7 Å². The van der Waals surface area contributed by atoms with Crippen LogP contribution < -0.4 is 0 Å². The Morgan fingerprint density at radius 3 is 2.54 bits per heavy atom. The molecule has 2 heterocycles. The largest absolute Gasteiger partial charge is 0.478 e. The number of carbonyl (C=O) groups is 2. The summed E-state index contributed by atoms with van der Waals surface area (Å²) in [6, 6.07) is 7.53. The first-order chi connectivity index (χ1) is 12.3. The highest BCUT2D eigenvalue weighted by Gasteiger charge is 2.36. The van der Waals surface area contributed by atoms with Gasteiger partial charge in [-0.15, -0.1) is 0 Å². The number of piperidine rings is 1. The van der Waals surface area contributed by atoms with Crippen LogP contribution in [-0.2, 0) is 10.2 Å². The number of nitrogens with zero attached hydrogens (tertiary/aromatic N) is 3. The number of carbonyl (C=O) groups excluding carboxylic acids is 1. The van der Waals surface area contributed by atoms with Gasteiger partial charge in [0, 0.05) is 24.3 Å². The smallest absolute Gasteiger partial charge is 0.338 e. The summed E-state index contributed by atoms with van der Waals surface area (Å²) in [5.74, 6) is -0.906. The molecule has 6 nitrogen and oxygen atoms in total. The van der Waals surface area contributed by atoms with Crippen molar-refractivity contribution in [2.45, 2.75) is 38.1 Å². The van der Waals surface area contributed by atoms with E-state index in [1.807, 2.05) is 36.9 Å². The quantitative estimate of drug-likeness (QED) is 0.888. The highest BCUT2D eigenvalue weighted by molar-refractivity contribution is 6.30. The number of hydrogen-bond acceptors (Lipinski definition) is 3. The Balaban J connectivity index is 1.67. The minimum Gasteiger partial charge on any atom is -0.478 e. The van der Waals surface area contributed by atoms with Crippen LogP contribution in [0.4, 0.5) is 0 Å². The molecular weight excluding hydrogens is 354 g/mol. The van der Waals surface area contributed by atoms with Crippen molar-refractivity contribution in [2.24, 2.45) is 0 Å². The van der Waals surface area contributed by atoms with Crippen molar-refractivity contribution >= 4 is 23.5 Å². The lowest BCUT2D eigenvalue weighted by atomic mass is 9.82. The summed E-state index contributed by atoms with van der Waals surface area (Å²) in [7, 11) is 0. The van der Waals surface area contributed by atoms with E-state index in [2.05, 4.69) is 5.10 Å². The van der Waals surface area contributed by atoms with Crippen molar-refractivity contribution in [1.82, 2.24) is 14.7 Å². The van der Waals surface area contributed by atoms with Crippen molar-refractivity contribution in [1.29, 1.82) is 0 Å². The molecule has 1 aliphatic rings. The van der Waals surface area contributed by atoms with Crippen molar-refractivity contribution in [3.8, 4) is 0 Å². The van der Waals surface area contributed by atoms with E-state index in [4.69, 9.17) is 16.7 Å². The van der Waals surface area contributed by atoms with E-state index in [-0.39, 0.29) is 17.5 Å². The molecule has 0 aliphatic carbocycles. The lowest BCUT2D eigenvalue weighted by Gasteiger charge is -2.37. The van der Waals surface area contributed by atoms with E-state index >= 15 is 0 Å². The molecule has 7 heteroatoms. The van der Waals surface area contributed by atoms with Gasteiger partial charge in [-0.2, -0.15) is 5.10 Å². The van der Waals surface area contributed by atoms with Crippen LogP contribution in [-0.4, -0.2) is 44.8 Å². The van der Waals surface area contributed by atoms with Gasteiger partial charge >= 0.3 is 5.97 Å². The van der Waals surface area contributed by atoms with Crippen LogP contribution in [0.3, 0.4) is 0 Å². The second kappa shape index (κ2) is 7.11. The Kier molecular flexibility index (Phi) is 5.05. The molecule has 3 rings (SSSR count). The molecule has 1 saturated heterocycles. The Morgan fingerprint density at radius 1 is 1.27 bits per heavy atom. The van der Waals surface area contributed by atoms with Gasteiger partial charge in [0.05, 0.1) is 23.2 Å². The monoisotopic (exact) mass is 375 g/mol. The third kappa shape index (κ3) is 3.60. The summed E-state index contributed by atoms with van der Waals surface area (Å²) in [6.07, 6.45) is 4.42. The minimum absolute atomic E-state index is 0.0740. The molecule has 138 valence electrons. The lowest BCUT2D eigenvalue weighted by molar-refractivity contribution is -0.137. The molecule has 1 N–H and O–H groups in total. The van der Waals surface area contributed by atoms with E-state index in [0.29, 0.717) is 18.1 Å². The summed E-state index contributed by atoms with van der Waals surface area (Å²) in [6.45, 7) is 5.07. The fraction of sp³-hybridized carbons (Fsp3) is 0.421. The maximum absolute atomic E-state index is 13.1. The normalized spacial score (nSPS) is 15.9. The van der Waals surface area contributed by atoms with Gasteiger partial charge in [0.25, 0.3) is 0 Å². The summed E-state index contributed by atoms with van der Waals surface area (Å²) < 4.78 is 1.70. The van der Waals surface area contributed by atoms with Crippen LogP contribution >= 0.6 is 11.6 Å². The predicted octanol–water partition coefficient (Wildman–Crippen LogP) is 3.38. The van der Waals surface area contributed by atoms with Crippen molar-refractivity contribution in [3.63, 3.8) is 0 Å². The number of halogens is 1. The van der Waals surface area contributed by atoms with Crippen LogP contribution in [0.1, 0.15) is 48.7 Å². The first-order valence-electron chi connectivity index (χ1n) is 8.62. The van der Waals surface area contributed by atoms with E-state index in [1.165, 1.54) is 6.20 Å². The molecular formula is C19H22ClN3O3. The topological polar surface area (TPSA) is 75.4 Å². The number of rotatable bonds is 4. The zero-order chi connectivity index (χ0) is 18.9. The van der Waals surface area contributed by atoms with Gasteiger partial charge in [0.2, 0.25) is 5.91 Å². The minimum atomic E-state index is -0.980. The fourth-order valence-corrected chi connectivity index (χ4v) is 3.57. The number of likely N-dealkylation sites (tertiary alicyclic amines) is 1. The second-order valence-electron chi connectivity index (χ2n) is 7.17. The predicted molar refractivity (Wildman–Crippen MR) is 98.5 cm³/mol. The van der Waals surface area contributed by atoms with E-state index in [9.17, 15) is 9.59 Å². The summed E-state index contributed by atoms with van der Waals surface area (Å²) in [4.78, 5) is 25.9. The number of amides is 1. The number of carboxylic acid groups (broad SMARTS) is 1. The van der Waals surface area contributed by atoms with Crippen LogP contribution in [0.5, 0.6) is 0 Å². The third-order valence-corrected chi connectivity index (χ3v) is 5.29. The Labute approximate surface area is 157 Å². The molecule has 0 radical (unpaired) electrons. The molecule has 0 bridgehead atoms. The molecule has 26 heavy (non-hydrogen) atoms. The number of aromatic carboxylic acids is 1. The first-order valence-corrected chi connectivity index (χ1v) is 8.99. The number of benzene rings is 1. The second-order valence-corrected chi connectivity index (χ2v) is 7.61. The Morgan fingerprint density at radius 2 is 1.96 bits per heavy atom. The molecule has 1 fully saturated rings. The molecule has 2 aromatic rings. The van der Waals surface area contributed by atoms with Gasteiger partial charge in [-0.05, 0) is 44.4 Å². The number of carboxylic acids is 1. The van der Waals surface area contributed by atoms with Crippen molar-refractivity contribution in [3.05, 3.63) is 52.8 Å². The van der Waals surface area contributed by atoms with Crippen LogP contribution in [0, 0.1) is 0 Å². The van der Waals surface area contributed by atoms with Gasteiger partial charge in [0.1, 0.15) is 0 Å². The maximum Gasteiger partial charge on any atom is 0.338 e. The number of hydrogen-bond donors (Lipinski definition) is 1. The van der Waals surface area contributed by atoms with Crippen LogP contribution in [0.2, 0.25) is 5.02 Å². The first kappa shape index (κ1) is 18.5. The number of aromatic nitrogens is 2. The van der Waals surface area contributed by atoms with E-state index in [1.54, 1.807) is 16.9 Å². The highest BCUT2D eigenvalue weighted by Crippen LogP contribution is 2.30. The average molecular weight is 376 g/mol. The van der Waals surface area contributed by atoms with E-state index in [0.717, 1.165) is 18.4 Å². The molecule has 0 saturated carbocycles. The highest BCUT2D eigenvalue weighted by atomic mass is 35.5. The molecule has 0 atom stereocenters. The zero-order valence-electron chi connectivity index (χ0n) is 14.9. The Bertz CT molecular complexity index is 823. The fourth-order valence-electron chi connectivity index (χ4n) is 3.38. The van der Waals surface area contributed by atoms with E-state index < -0.39 is 11.4 Å². The van der Waals surface area contributed by atoms with Gasteiger partial charge < -0.3 is 10.0 Å². The van der Waals surface area contributed by atoms with Crippen LogP contribution in [0.25, 0.3) is 0 Å². The Hall–Kier alpha value is -2.34. The molecule has 0 spiro atoms. The maximum atomic E-state index is 13.1. The third-order valence-electron chi connectivity index (χ3n) is 5.06. The molecule has 1 aromatic carbocycles. The lowest BCUT2D eigenvalue weighted by Crippen LogP contribution is -2.47. The average Bonchev–Trinajstić information content (AvgIpc) is 3.11. The van der Waals surface area contributed by atoms with Gasteiger partial charge in [-0.25, -0.2) is 4.79 Å². The molecule has 1 aromatic heterocycles. The molecule has 1 aliphatic heterocycles. The standard InChI is InChI=1S/C19H22ClN3O3/c1-19(2,14-4-3-5-15(20)10-14)18(26)22-8-6-16(7-9-22)23-12-13(11-21-23)17(24)25/h3-5,10-12,16H,6-9H2,1-2H3,(H,24,25). The van der Waals surface area contributed by atoms with Gasteiger partial charge in [-0.3, -0.25) is 9.48 Å².